The number of hydrogen-bond donors (Lipinski definition) is 1. The Kier molecular flexibility index (Phi) is 6.64. The lowest BCUT2D eigenvalue weighted by Crippen LogP contribution is -2.49. The Balaban J connectivity index is 1.30. The summed E-state index contributed by atoms with van der Waals surface area (Å²) in [5.41, 5.74) is 0.535. The fourth-order valence-corrected chi connectivity index (χ4v) is 5.20. The molecule has 2 saturated heterocycles. The number of nitrogens with zero attached hydrogens (tertiary/aromatic N) is 6. The Morgan fingerprint density at radius 3 is 2.77 bits per heavy atom. The van der Waals surface area contributed by atoms with Crippen LogP contribution < -0.4 is 15.8 Å². The lowest BCUT2D eigenvalue weighted by Gasteiger charge is -2.34. The second-order valence-corrected chi connectivity index (χ2v) is 9.10. The van der Waals surface area contributed by atoms with Crippen molar-refractivity contribution < 1.29 is 4.79 Å². The second kappa shape index (κ2) is 9.40. The highest BCUT2D eigenvalue weighted by molar-refractivity contribution is 7.20. The minimum absolute atomic E-state index is 0.0471. The molecule has 0 spiro atoms. The molecular weight excluding hydrogens is 402 g/mol. The number of carbonyl (C=O) groups excluding carboxylic acids is 1. The van der Waals surface area contributed by atoms with Crippen LogP contribution >= 0.6 is 11.3 Å². The summed E-state index contributed by atoms with van der Waals surface area (Å²) in [7, 11) is 0. The smallest absolute Gasteiger partial charge is 0.275 e. The van der Waals surface area contributed by atoms with Crippen molar-refractivity contribution >= 4 is 27.3 Å². The lowest BCUT2D eigenvalue weighted by molar-refractivity contribution is -0.125. The van der Waals surface area contributed by atoms with E-state index in [1.807, 2.05) is 6.92 Å². The van der Waals surface area contributed by atoms with Gasteiger partial charge >= 0.3 is 0 Å². The summed E-state index contributed by atoms with van der Waals surface area (Å²) in [4.78, 5) is 36.9. The molecule has 4 rings (SSSR count). The number of aryl methyl sites for hydroxylation is 1. The largest absolute Gasteiger partial charge is 0.355 e. The molecule has 2 aliphatic rings. The molecule has 0 radical (unpaired) electrons. The minimum atomic E-state index is -0.161. The van der Waals surface area contributed by atoms with Gasteiger partial charge in [-0.15, -0.1) is 5.10 Å². The number of anilines is 1. The molecule has 0 aromatic carbocycles. The maximum absolute atomic E-state index is 12.7. The molecule has 1 atom stereocenters. The van der Waals surface area contributed by atoms with Gasteiger partial charge in [-0.3, -0.25) is 14.5 Å². The number of piperazine rings is 1. The van der Waals surface area contributed by atoms with Crippen molar-refractivity contribution in [1.82, 2.24) is 29.7 Å². The van der Waals surface area contributed by atoms with E-state index in [0.29, 0.717) is 23.7 Å². The maximum atomic E-state index is 12.7. The average Bonchev–Trinajstić information content (AvgIpc) is 3.19. The van der Waals surface area contributed by atoms with Crippen LogP contribution in [0.4, 0.5) is 5.13 Å². The number of hydrogen-bond acceptors (Lipinski definition) is 8. The van der Waals surface area contributed by atoms with Gasteiger partial charge in [0.05, 0.1) is 5.92 Å². The third kappa shape index (κ3) is 4.81. The summed E-state index contributed by atoms with van der Waals surface area (Å²) in [6.07, 6.45) is 1.83. The van der Waals surface area contributed by atoms with Crippen LogP contribution in [0, 0.1) is 12.8 Å². The third-order valence-corrected chi connectivity index (χ3v) is 7.03. The number of rotatable bonds is 6. The van der Waals surface area contributed by atoms with Crippen molar-refractivity contribution in [3.63, 3.8) is 0 Å². The van der Waals surface area contributed by atoms with Crippen LogP contribution in [-0.4, -0.2) is 89.2 Å². The molecule has 2 fully saturated rings. The quantitative estimate of drug-likeness (QED) is 0.707. The highest BCUT2D eigenvalue weighted by Gasteiger charge is 2.28. The zero-order valence-corrected chi connectivity index (χ0v) is 18.7. The van der Waals surface area contributed by atoms with E-state index in [1.54, 1.807) is 0 Å². The fourth-order valence-electron chi connectivity index (χ4n) is 4.21. The molecule has 2 aromatic heterocycles. The van der Waals surface area contributed by atoms with E-state index in [2.05, 4.69) is 37.0 Å². The first-order valence-corrected chi connectivity index (χ1v) is 11.7. The number of amides is 1. The molecule has 0 bridgehead atoms. The van der Waals surface area contributed by atoms with Crippen molar-refractivity contribution in [2.24, 2.45) is 5.92 Å². The van der Waals surface area contributed by atoms with Crippen LogP contribution in [0.2, 0.25) is 0 Å². The molecule has 164 valence electrons. The third-order valence-electron chi connectivity index (χ3n) is 6.06. The van der Waals surface area contributed by atoms with Gasteiger partial charge in [0.2, 0.25) is 16.0 Å². The van der Waals surface area contributed by atoms with Crippen LogP contribution in [-0.2, 0) is 4.79 Å². The molecule has 4 heterocycles. The normalized spacial score (nSPS) is 21.3. The van der Waals surface area contributed by atoms with E-state index in [0.717, 1.165) is 63.8 Å². The predicted octanol–water partition coefficient (Wildman–Crippen LogP) is 0.430. The van der Waals surface area contributed by atoms with E-state index in [-0.39, 0.29) is 17.4 Å². The van der Waals surface area contributed by atoms with E-state index in [1.165, 1.54) is 21.9 Å². The molecule has 2 aliphatic heterocycles. The summed E-state index contributed by atoms with van der Waals surface area (Å²) in [6.45, 7) is 12.6. The van der Waals surface area contributed by atoms with Gasteiger partial charge in [-0.2, -0.15) is 4.52 Å². The maximum Gasteiger partial charge on any atom is 0.275 e. The minimum Gasteiger partial charge on any atom is -0.355 e. The molecule has 9 nitrogen and oxygen atoms in total. The Labute approximate surface area is 180 Å². The van der Waals surface area contributed by atoms with Crippen molar-refractivity contribution in [1.29, 1.82) is 0 Å². The van der Waals surface area contributed by atoms with Crippen LogP contribution in [0.3, 0.4) is 0 Å². The van der Waals surface area contributed by atoms with E-state index < -0.39 is 0 Å². The molecule has 10 heteroatoms. The first-order chi connectivity index (χ1) is 14.5. The van der Waals surface area contributed by atoms with Gasteiger partial charge in [0.1, 0.15) is 0 Å². The summed E-state index contributed by atoms with van der Waals surface area (Å²) in [5.74, 6) is 0.0771. The predicted molar refractivity (Wildman–Crippen MR) is 118 cm³/mol. The zero-order chi connectivity index (χ0) is 21.1. The van der Waals surface area contributed by atoms with Gasteiger partial charge in [-0.05, 0) is 26.3 Å². The molecule has 30 heavy (non-hydrogen) atoms. The molecular formula is C20H31N7O2S. The zero-order valence-electron chi connectivity index (χ0n) is 17.8. The number of nitrogens with one attached hydrogen (secondary N) is 1. The first-order valence-electron chi connectivity index (χ1n) is 10.9. The van der Waals surface area contributed by atoms with E-state index in [4.69, 9.17) is 0 Å². The second-order valence-electron chi connectivity index (χ2n) is 8.17. The summed E-state index contributed by atoms with van der Waals surface area (Å²) in [5, 5.41) is 8.35. The molecule has 1 amide bonds. The monoisotopic (exact) mass is 433 g/mol. The van der Waals surface area contributed by atoms with Gasteiger partial charge < -0.3 is 15.1 Å². The molecule has 2 aromatic rings. The van der Waals surface area contributed by atoms with Crippen LogP contribution in [0.25, 0.3) is 4.96 Å². The van der Waals surface area contributed by atoms with Gasteiger partial charge in [-0.25, -0.2) is 4.98 Å². The van der Waals surface area contributed by atoms with Gasteiger partial charge in [0.25, 0.3) is 5.56 Å². The molecule has 0 saturated carbocycles. The SMILES string of the molecule is CCN1CCN(CCNC(=O)C2CCCN(c3nn4c(=O)cc(C)nc4s3)C2)CC1. The van der Waals surface area contributed by atoms with Crippen molar-refractivity contribution in [3.8, 4) is 0 Å². The average molecular weight is 434 g/mol. The van der Waals surface area contributed by atoms with Crippen molar-refractivity contribution in [3.05, 3.63) is 22.1 Å². The van der Waals surface area contributed by atoms with Crippen molar-refractivity contribution in [2.45, 2.75) is 26.7 Å². The highest BCUT2D eigenvalue weighted by Crippen LogP contribution is 2.26. The Morgan fingerprint density at radius 1 is 1.23 bits per heavy atom. The van der Waals surface area contributed by atoms with E-state index >= 15 is 0 Å². The topological polar surface area (TPSA) is 86.1 Å². The van der Waals surface area contributed by atoms with E-state index in [9.17, 15) is 9.59 Å². The summed E-state index contributed by atoms with van der Waals surface area (Å²) < 4.78 is 1.36. The van der Waals surface area contributed by atoms with Crippen LogP contribution in [0.15, 0.2) is 10.9 Å². The lowest BCUT2D eigenvalue weighted by atomic mass is 9.97. The number of aromatic nitrogens is 3. The summed E-state index contributed by atoms with van der Waals surface area (Å²) in [6, 6.07) is 1.49. The van der Waals surface area contributed by atoms with Gasteiger partial charge in [0, 0.05) is 64.1 Å². The van der Waals surface area contributed by atoms with Crippen molar-refractivity contribution in [2.75, 3.05) is 63.8 Å². The van der Waals surface area contributed by atoms with Crippen LogP contribution in [0.1, 0.15) is 25.5 Å². The van der Waals surface area contributed by atoms with Gasteiger partial charge in [-0.1, -0.05) is 18.3 Å². The Morgan fingerprint density at radius 2 is 2.00 bits per heavy atom. The van der Waals surface area contributed by atoms with Gasteiger partial charge in [0.15, 0.2) is 0 Å². The number of carbonyl (C=O) groups is 1. The molecule has 0 aliphatic carbocycles. The Bertz CT molecular complexity index is 935. The number of piperidine rings is 1. The molecule has 1 N–H and O–H groups in total. The van der Waals surface area contributed by atoms with Crippen LogP contribution in [0.5, 0.6) is 0 Å². The highest BCUT2D eigenvalue weighted by atomic mass is 32.1. The summed E-state index contributed by atoms with van der Waals surface area (Å²) >= 11 is 1.41. The number of fused-ring (bicyclic) bond motifs is 1. The first kappa shape index (κ1) is 21.2. The number of likely N-dealkylation sites (N-methyl/N-ethyl adjacent to an activating group) is 1. The fraction of sp³-hybridized carbons (Fsp3) is 0.700. The standard InChI is InChI=1S/C20H31N7O2S/c1-3-24-9-11-25(12-10-24)8-6-21-18(29)16-5-4-7-26(14-16)20-23-27-17(28)13-15(2)22-19(27)30-20/h13,16H,3-12,14H2,1-2H3,(H,21,29). The molecule has 1 unspecified atom stereocenters. The Hall–Kier alpha value is -2.04.